The first-order valence-electron chi connectivity index (χ1n) is 11.2. The molecule has 2 N–H and O–H groups in total. The molecule has 4 rings (SSSR count). The Morgan fingerprint density at radius 1 is 1.12 bits per heavy atom. The SMILES string of the molecule is CN1CCOC(CN=C(NCCc2cccc(F)c2)Nc2ccc3c(c2)OCCCO3)C1.I. The fourth-order valence-corrected chi connectivity index (χ4v) is 3.71. The Labute approximate surface area is 211 Å². The fraction of sp³-hybridized carbons (Fsp3) is 0.458. The van der Waals surface area contributed by atoms with E-state index in [4.69, 9.17) is 19.2 Å². The number of halogens is 2. The Morgan fingerprint density at radius 2 is 1.97 bits per heavy atom. The molecule has 0 aliphatic carbocycles. The molecule has 0 bridgehead atoms. The second-order valence-electron chi connectivity index (χ2n) is 8.09. The zero-order valence-electron chi connectivity index (χ0n) is 18.9. The summed E-state index contributed by atoms with van der Waals surface area (Å²) in [7, 11) is 2.09. The van der Waals surface area contributed by atoms with E-state index < -0.39 is 0 Å². The molecule has 2 aliphatic heterocycles. The normalized spacial score (nSPS) is 18.7. The van der Waals surface area contributed by atoms with Gasteiger partial charge in [-0.05, 0) is 43.3 Å². The topological polar surface area (TPSA) is 67.4 Å². The number of hydrogen-bond donors (Lipinski definition) is 2. The first kappa shape index (κ1) is 25.5. The molecule has 0 radical (unpaired) electrons. The Bertz CT molecular complexity index is 930. The van der Waals surface area contributed by atoms with Gasteiger partial charge in [-0.1, -0.05) is 12.1 Å². The van der Waals surface area contributed by atoms with Crippen LogP contribution in [0, 0.1) is 5.82 Å². The van der Waals surface area contributed by atoms with Crippen LogP contribution in [-0.4, -0.2) is 70.0 Å². The average Bonchev–Trinajstić information content (AvgIpc) is 3.02. The van der Waals surface area contributed by atoms with Gasteiger partial charge < -0.3 is 29.7 Å². The van der Waals surface area contributed by atoms with Crippen molar-refractivity contribution >= 4 is 35.6 Å². The van der Waals surface area contributed by atoms with E-state index in [-0.39, 0.29) is 35.9 Å². The Kier molecular flexibility index (Phi) is 10.0. The van der Waals surface area contributed by atoms with Gasteiger partial charge in [0.25, 0.3) is 0 Å². The summed E-state index contributed by atoms with van der Waals surface area (Å²) in [6, 6.07) is 12.4. The maximum Gasteiger partial charge on any atom is 0.195 e. The van der Waals surface area contributed by atoms with Crippen LogP contribution in [0.15, 0.2) is 47.5 Å². The minimum atomic E-state index is -0.222. The lowest BCUT2D eigenvalue weighted by molar-refractivity contribution is -0.0136. The van der Waals surface area contributed by atoms with Gasteiger partial charge >= 0.3 is 0 Å². The third-order valence-electron chi connectivity index (χ3n) is 5.40. The van der Waals surface area contributed by atoms with Gasteiger partial charge in [0.15, 0.2) is 17.5 Å². The van der Waals surface area contributed by atoms with Crippen molar-refractivity contribution in [3.05, 3.63) is 53.8 Å². The van der Waals surface area contributed by atoms with Crippen LogP contribution < -0.4 is 20.1 Å². The van der Waals surface area contributed by atoms with Crippen LogP contribution in [0.2, 0.25) is 0 Å². The number of ether oxygens (including phenoxy) is 3. The maximum absolute atomic E-state index is 13.5. The third-order valence-corrected chi connectivity index (χ3v) is 5.40. The molecular formula is C24H32FIN4O3. The lowest BCUT2D eigenvalue weighted by Gasteiger charge is -2.29. The molecule has 2 aromatic rings. The molecule has 2 aliphatic rings. The predicted molar refractivity (Wildman–Crippen MR) is 139 cm³/mol. The van der Waals surface area contributed by atoms with Crippen molar-refractivity contribution in [2.45, 2.75) is 18.9 Å². The number of benzene rings is 2. The Balaban J connectivity index is 0.00000306. The van der Waals surface area contributed by atoms with Gasteiger partial charge in [0.05, 0.1) is 32.5 Å². The summed E-state index contributed by atoms with van der Waals surface area (Å²) in [5.41, 5.74) is 1.79. The number of likely N-dealkylation sites (N-methyl/N-ethyl adjacent to an activating group) is 1. The van der Waals surface area contributed by atoms with Gasteiger partial charge in [0.1, 0.15) is 5.82 Å². The lowest BCUT2D eigenvalue weighted by atomic mass is 10.1. The molecule has 2 heterocycles. The number of nitrogens with one attached hydrogen (secondary N) is 2. The molecule has 7 nitrogen and oxygen atoms in total. The molecule has 1 unspecified atom stereocenters. The number of rotatable bonds is 6. The highest BCUT2D eigenvalue weighted by Crippen LogP contribution is 2.32. The number of aliphatic imine (C=N–C) groups is 1. The summed E-state index contributed by atoms with van der Waals surface area (Å²) in [6.07, 6.45) is 1.60. The van der Waals surface area contributed by atoms with Crippen molar-refractivity contribution < 1.29 is 18.6 Å². The van der Waals surface area contributed by atoms with E-state index in [1.807, 2.05) is 24.3 Å². The summed E-state index contributed by atoms with van der Waals surface area (Å²) in [5.74, 6) is 1.90. The number of guanidine groups is 1. The molecule has 33 heavy (non-hydrogen) atoms. The van der Waals surface area contributed by atoms with Crippen LogP contribution in [0.3, 0.4) is 0 Å². The van der Waals surface area contributed by atoms with Gasteiger partial charge in [0.2, 0.25) is 0 Å². The van der Waals surface area contributed by atoms with E-state index in [1.54, 1.807) is 12.1 Å². The van der Waals surface area contributed by atoms with Crippen LogP contribution in [0.25, 0.3) is 0 Å². The maximum atomic E-state index is 13.5. The number of morpholine rings is 1. The molecule has 1 saturated heterocycles. The second-order valence-corrected chi connectivity index (χ2v) is 8.09. The van der Waals surface area contributed by atoms with Crippen LogP contribution in [0.5, 0.6) is 11.5 Å². The van der Waals surface area contributed by atoms with Crippen molar-refractivity contribution in [2.75, 3.05) is 58.4 Å². The third kappa shape index (κ3) is 8.01. The van der Waals surface area contributed by atoms with E-state index in [9.17, 15) is 4.39 Å². The average molecular weight is 570 g/mol. The van der Waals surface area contributed by atoms with Crippen LogP contribution in [0.4, 0.5) is 10.1 Å². The van der Waals surface area contributed by atoms with Gasteiger partial charge in [0, 0.05) is 37.8 Å². The molecule has 0 amide bonds. The molecule has 180 valence electrons. The minimum Gasteiger partial charge on any atom is -0.490 e. The molecule has 0 aromatic heterocycles. The van der Waals surface area contributed by atoms with E-state index in [2.05, 4.69) is 22.6 Å². The molecule has 1 fully saturated rings. The van der Waals surface area contributed by atoms with Gasteiger partial charge in [-0.3, -0.25) is 4.99 Å². The zero-order chi connectivity index (χ0) is 22.2. The summed E-state index contributed by atoms with van der Waals surface area (Å²) in [5, 5.41) is 6.71. The van der Waals surface area contributed by atoms with Crippen molar-refractivity contribution in [1.82, 2.24) is 10.2 Å². The number of anilines is 1. The molecule has 9 heteroatoms. The van der Waals surface area contributed by atoms with Gasteiger partial charge in [-0.15, -0.1) is 24.0 Å². The number of hydrogen-bond acceptors (Lipinski definition) is 5. The monoisotopic (exact) mass is 570 g/mol. The van der Waals surface area contributed by atoms with E-state index in [0.29, 0.717) is 45.3 Å². The zero-order valence-corrected chi connectivity index (χ0v) is 21.2. The van der Waals surface area contributed by atoms with Crippen LogP contribution in [-0.2, 0) is 11.2 Å². The van der Waals surface area contributed by atoms with Crippen molar-refractivity contribution in [3.8, 4) is 11.5 Å². The van der Waals surface area contributed by atoms with Crippen LogP contribution >= 0.6 is 24.0 Å². The van der Waals surface area contributed by atoms with Crippen LogP contribution in [0.1, 0.15) is 12.0 Å². The largest absolute Gasteiger partial charge is 0.490 e. The summed E-state index contributed by atoms with van der Waals surface area (Å²) in [6.45, 7) is 4.96. The van der Waals surface area contributed by atoms with Crippen molar-refractivity contribution in [1.29, 1.82) is 0 Å². The van der Waals surface area contributed by atoms with E-state index >= 15 is 0 Å². The van der Waals surface area contributed by atoms with Crippen molar-refractivity contribution in [2.24, 2.45) is 4.99 Å². The molecule has 2 aromatic carbocycles. The fourth-order valence-electron chi connectivity index (χ4n) is 3.71. The Morgan fingerprint density at radius 3 is 2.79 bits per heavy atom. The highest BCUT2D eigenvalue weighted by atomic mass is 127. The second kappa shape index (κ2) is 13.0. The smallest absolute Gasteiger partial charge is 0.195 e. The van der Waals surface area contributed by atoms with Crippen molar-refractivity contribution in [3.63, 3.8) is 0 Å². The molecular weight excluding hydrogens is 538 g/mol. The van der Waals surface area contributed by atoms with E-state index in [1.165, 1.54) is 6.07 Å². The summed E-state index contributed by atoms with van der Waals surface area (Å²) < 4.78 is 30.8. The number of nitrogens with zero attached hydrogens (tertiary/aromatic N) is 2. The number of fused-ring (bicyclic) bond motifs is 1. The van der Waals surface area contributed by atoms with E-state index in [0.717, 1.165) is 42.3 Å². The minimum absolute atomic E-state index is 0. The predicted octanol–water partition coefficient (Wildman–Crippen LogP) is 3.54. The molecule has 0 saturated carbocycles. The molecule has 1 atom stereocenters. The standard InChI is InChI=1S/C24H31FN4O3.HI/c1-29-10-13-30-21(17-29)16-27-24(26-9-8-18-4-2-5-19(25)14-18)28-20-6-7-22-23(15-20)32-12-3-11-31-22;/h2,4-7,14-15,21H,3,8-13,16-17H2,1H3,(H2,26,27,28);1H. The quantitative estimate of drug-likeness (QED) is 0.315. The lowest BCUT2D eigenvalue weighted by Crippen LogP contribution is -2.42. The molecule has 0 spiro atoms. The first-order chi connectivity index (χ1) is 15.7. The van der Waals surface area contributed by atoms with Gasteiger partial charge in [-0.2, -0.15) is 0 Å². The highest BCUT2D eigenvalue weighted by Gasteiger charge is 2.17. The first-order valence-corrected chi connectivity index (χ1v) is 11.2. The highest BCUT2D eigenvalue weighted by molar-refractivity contribution is 14.0. The summed E-state index contributed by atoms with van der Waals surface area (Å²) in [4.78, 5) is 7.00. The Hall–Kier alpha value is -2.11. The summed E-state index contributed by atoms with van der Waals surface area (Å²) >= 11 is 0. The van der Waals surface area contributed by atoms with Gasteiger partial charge in [-0.25, -0.2) is 4.39 Å².